The first-order valence-corrected chi connectivity index (χ1v) is 14.9. The van der Waals surface area contributed by atoms with Crippen molar-refractivity contribution >= 4 is 35.1 Å². The molecule has 1 aromatic carbocycles. The summed E-state index contributed by atoms with van der Waals surface area (Å²) in [4.78, 5) is 44.3. The zero-order valence-electron chi connectivity index (χ0n) is 24.5. The first-order valence-electron chi connectivity index (χ1n) is 14.5. The number of anilines is 1. The Morgan fingerprint density at radius 3 is 2.54 bits per heavy atom. The number of piperidine rings is 1. The Balaban J connectivity index is 1.06. The first kappa shape index (κ1) is 31.6. The maximum Gasteiger partial charge on any atom is 0.435 e. The third-order valence-corrected chi connectivity index (χ3v) is 8.87. The van der Waals surface area contributed by atoms with E-state index in [1.807, 2.05) is 0 Å². The highest BCUT2D eigenvalue weighted by Gasteiger charge is 2.57. The lowest BCUT2D eigenvalue weighted by Crippen LogP contribution is -2.49. The zero-order chi connectivity index (χ0) is 32.9. The molecular weight excluding hydrogens is 631 g/mol. The highest BCUT2D eigenvalue weighted by molar-refractivity contribution is 6.34. The van der Waals surface area contributed by atoms with E-state index >= 15 is 0 Å². The fraction of sp³-hybridized carbons (Fsp3) is 0.414. The van der Waals surface area contributed by atoms with Crippen molar-refractivity contribution in [1.29, 1.82) is 0 Å². The third-order valence-electron chi connectivity index (χ3n) is 8.56. The summed E-state index contributed by atoms with van der Waals surface area (Å²) >= 11 is 6.40. The number of hydrogen-bond donors (Lipinski definition) is 5. The highest BCUT2D eigenvalue weighted by atomic mass is 35.5. The van der Waals surface area contributed by atoms with E-state index in [1.165, 1.54) is 42.1 Å². The van der Waals surface area contributed by atoms with Gasteiger partial charge in [0, 0.05) is 63.0 Å². The average Bonchev–Trinajstić information content (AvgIpc) is 3.55. The van der Waals surface area contributed by atoms with Gasteiger partial charge in [-0.15, -0.1) is 6.58 Å². The van der Waals surface area contributed by atoms with Gasteiger partial charge in [-0.25, -0.2) is 9.78 Å². The van der Waals surface area contributed by atoms with Crippen LogP contribution < -0.4 is 21.3 Å². The molecule has 5 atom stereocenters. The second-order valence-corrected chi connectivity index (χ2v) is 12.0. The van der Waals surface area contributed by atoms with Gasteiger partial charge >= 0.3 is 12.2 Å². The van der Waals surface area contributed by atoms with Crippen LogP contribution in [0, 0.1) is 11.8 Å². The molecule has 0 bridgehead atoms. The van der Waals surface area contributed by atoms with E-state index in [9.17, 15) is 32.7 Å². The van der Waals surface area contributed by atoms with Gasteiger partial charge in [-0.1, -0.05) is 17.7 Å². The van der Waals surface area contributed by atoms with Crippen LogP contribution in [0.3, 0.4) is 0 Å². The molecule has 4 amide bonds. The van der Waals surface area contributed by atoms with E-state index < -0.39 is 29.8 Å². The van der Waals surface area contributed by atoms with Crippen molar-refractivity contribution in [2.75, 3.05) is 31.5 Å². The van der Waals surface area contributed by atoms with Gasteiger partial charge in [0.15, 0.2) is 11.5 Å². The topological polar surface area (TPSA) is 158 Å². The summed E-state index contributed by atoms with van der Waals surface area (Å²) in [7, 11) is 1.42. The van der Waals surface area contributed by atoms with Crippen LogP contribution in [0.4, 0.5) is 23.7 Å². The standard InChI is InChI=1S/C29H31ClF3N9O4/c1-3-6-42-13-18(24(39-42)29(31,32)33)21-9-35-25(40(21)2)27(45)36-14-4-5-15(19(30)7-14)26(44)38-23-16-11-41(12-17(16)23)28(46)37-20-8-34-10-22(20)43/h3-5,7,9,13,16-17,20,22-23,34,43H,1,6,8,10-12H2,2H3,(H,36,45)(H,37,46)(H,38,44)/t16-,17+,20-,22-,23?/m1/s1. The largest absolute Gasteiger partial charge is 0.435 e. The van der Waals surface area contributed by atoms with Crippen LogP contribution in [-0.2, 0) is 19.8 Å². The molecule has 1 unspecified atom stereocenters. The molecule has 2 aliphatic heterocycles. The summed E-state index contributed by atoms with van der Waals surface area (Å²) in [6.07, 6.45) is -1.56. The summed E-state index contributed by atoms with van der Waals surface area (Å²) < 4.78 is 43.3. The van der Waals surface area contributed by atoms with E-state index in [2.05, 4.69) is 37.9 Å². The van der Waals surface area contributed by atoms with Gasteiger partial charge in [0.25, 0.3) is 11.8 Å². The van der Waals surface area contributed by atoms with Crippen molar-refractivity contribution in [2.45, 2.75) is 30.9 Å². The molecule has 3 aliphatic rings. The lowest BCUT2D eigenvalue weighted by molar-refractivity contribution is -0.141. The Labute approximate surface area is 265 Å². The van der Waals surface area contributed by atoms with Crippen LogP contribution in [0.1, 0.15) is 26.7 Å². The Hall–Kier alpha value is -4.41. The van der Waals surface area contributed by atoms with E-state index in [4.69, 9.17) is 11.6 Å². The minimum atomic E-state index is -4.73. The Morgan fingerprint density at radius 1 is 1.17 bits per heavy atom. The van der Waals surface area contributed by atoms with Gasteiger partial charge in [-0.05, 0) is 18.2 Å². The molecule has 13 nitrogen and oxygen atoms in total. The van der Waals surface area contributed by atoms with Crippen molar-refractivity contribution in [3.8, 4) is 11.3 Å². The number of nitrogens with zero attached hydrogens (tertiary/aromatic N) is 5. The number of benzene rings is 1. The number of likely N-dealkylation sites (tertiary alicyclic amines) is 1. The molecule has 17 heteroatoms. The number of aliphatic hydroxyl groups is 1. The summed E-state index contributed by atoms with van der Waals surface area (Å²) in [5.41, 5.74) is -0.869. The van der Waals surface area contributed by atoms with Gasteiger partial charge in [-0.2, -0.15) is 18.3 Å². The molecule has 6 rings (SSSR count). The van der Waals surface area contributed by atoms with Gasteiger partial charge in [-0.3, -0.25) is 14.3 Å². The molecule has 1 saturated carbocycles. The predicted molar refractivity (Wildman–Crippen MR) is 160 cm³/mol. The fourth-order valence-corrected chi connectivity index (χ4v) is 6.34. The normalized spacial score (nSPS) is 23.6. The molecule has 4 heterocycles. The number of amides is 4. The zero-order valence-corrected chi connectivity index (χ0v) is 25.3. The number of fused-ring (bicyclic) bond motifs is 1. The molecule has 3 fully saturated rings. The minimum Gasteiger partial charge on any atom is -0.390 e. The fourth-order valence-electron chi connectivity index (χ4n) is 6.08. The number of aromatic nitrogens is 4. The lowest BCUT2D eigenvalue weighted by Gasteiger charge is -2.24. The molecule has 3 aromatic rings. The number of β-amino-alcohol motifs (C(OH)–C–C–N with tert-alkyl or cyclic N) is 1. The monoisotopic (exact) mass is 661 g/mol. The quantitative estimate of drug-likeness (QED) is 0.231. The van der Waals surface area contributed by atoms with E-state index in [1.54, 1.807) is 4.90 Å². The summed E-state index contributed by atoms with van der Waals surface area (Å²) in [5, 5.41) is 25.0. The number of halogens is 4. The van der Waals surface area contributed by atoms with Gasteiger partial charge in [0.2, 0.25) is 0 Å². The molecule has 46 heavy (non-hydrogen) atoms. The molecule has 1 aliphatic carbocycles. The average molecular weight is 662 g/mol. The smallest absolute Gasteiger partial charge is 0.390 e. The van der Waals surface area contributed by atoms with Crippen molar-refractivity contribution in [3.05, 3.63) is 65.4 Å². The molecule has 2 aromatic heterocycles. The van der Waals surface area contributed by atoms with Crippen LogP contribution in [0.25, 0.3) is 11.3 Å². The number of rotatable bonds is 8. The molecule has 244 valence electrons. The number of carbonyl (C=O) groups excluding carboxylic acids is 3. The summed E-state index contributed by atoms with van der Waals surface area (Å²) in [6, 6.07) is 3.66. The molecule has 5 N–H and O–H groups in total. The van der Waals surface area contributed by atoms with Gasteiger partial charge in [0.05, 0.1) is 46.7 Å². The Bertz CT molecular complexity index is 1690. The van der Waals surface area contributed by atoms with Crippen LogP contribution in [-0.4, -0.2) is 91.6 Å². The predicted octanol–water partition coefficient (Wildman–Crippen LogP) is 2.10. The van der Waals surface area contributed by atoms with Crippen molar-refractivity contribution in [2.24, 2.45) is 18.9 Å². The van der Waals surface area contributed by atoms with Crippen molar-refractivity contribution in [3.63, 3.8) is 0 Å². The number of aliphatic hydroxyl groups excluding tert-OH is 1. The van der Waals surface area contributed by atoms with Crippen LogP contribution >= 0.6 is 11.6 Å². The Kier molecular flexibility index (Phi) is 8.29. The highest BCUT2D eigenvalue weighted by Crippen LogP contribution is 2.45. The molecule has 0 spiro atoms. The second kappa shape index (κ2) is 12.1. The Morgan fingerprint density at radius 2 is 1.91 bits per heavy atom. The van der Waals surface area contributed by atoms with Gasteiger partial charge in [0.1, 0.15) is 0 Å². The van der Waals surface area contributed by atoms with E-state index in [0.29, 0.717) is 26.2 Å². The van der Waals surface area contributed by atoms with Crippen LogP contribution in [0.5, 0.6) is 0 Å². The van der Waals surface area contributed by atoms with Crippen LogP contribution in [0.2, 0.25) is 5.02 Å². The maximum absolute atomic E-state index is 13.7. The van der Waals surface area contributed by atoms with Gasteiger partial charge < -0.3 is 35.8 Å². The molecule has 0 radical (unpaired) electrons. The summed E-state index contributed by atoms with van der Waals surface area (Å²) in [6.45, 7) is 5.50. The van der Waals surface area contributed by atoms with Crippen molar-refractivity contribution < 1.29 is 32.7 Å². The number of alkyl halides is 3. The minimum absolute atomic E-state index is 0.0383. The maximum atomic E-state index is 13.7. The number of urea groups is 1. The first-order chi connectivity index (χ1) is 21.8. The summed E-state index contributed by atoms with van der Waals surface area (Å²) in [5.74, 6) is -1.02. The third kappa shape index (κ3) is 6.07. The van der Waals surface area contributed by atoms with E-state index in [0.717, 1.165) is 10.9 Å². The number of imidazole rings is 1. The number of hydrogen-bond acceptors (Lipinski definition) is 7. The van der Waals surface area contributed by atoms with E-state index in [-0.39, 0.29) is 69.9 Å². The number of carbonyl (C=O) groups is 3. The van der Waals surface area contributed by atoms with Crippen molar-refractivity contribution in [1.82, 2.24) is 40.2 Å². The lowest BCUT2D eigenvalue weighted by atomic mass is 10.2. The SMILES string of the molecule is C=CCn1cc(-c2cnc(C(=O)Nc3ccc(C(=O)NC4[C@H]5CN(C(=O)N[C@@H]6CNC[C@H]6O)C[C@@H]45)c(Cl)c3)n2C)c(C(F)(F)F)n1. The molecule has 2 saturated heterocycles. The second-order valence-electron chi connectivity index (χ2n) is 11.6. The van der Waals surface area contributed by atoms with Crippen LogP contribution in [0.15, 0.2) is 43.2 Å². The number of nitrogens with one attached hydrogen (secondary N) is 4. The molecular formula is C29H31ClF3N9O4. The number of allylic oxidation sites excluding steroid dienone is 1.